The van der Waals surface area contributed by atoms with Crippen LogP contribution in [0.15, 0.2) is 0 Å². The van der Waals surface area contributed by atoms with E-state index in [4.69, 9.17) is 0 Å². The fraction of sp³-hybridized carbons (Fsp3) is 0.941. The van der Waals surface area contributed by atoms with Crippen LogP contribution in [0.2, 0.25) is 0 Å². The molecular formula is C17H32N2O. The maximum Gasteiger partial charge on any atom is 0.236 e. The Labute approximate surface area is 124 Å². The Balaban J connectivity index is 1.71. The Bertz CT molecular complexity index is 277. The lowest BCUT2D eigenvalue weighted by molar-refractivity contribution is -0.130. The largest absolute Gasteiger partial charge is 0.342 e. The molecular weight excluding hydrogens is 248 g/mol. The third-order valence-corrected chi connectivity index (χ3v) is 5.14. The van der Waals surface area contributed by atoms with Crippen LogP contribution in [-0.4, -0.2) is 36.5 Å². The van der Waals surface area contributed by atoms with Crippen molar-refractivity contribution in [1.29, 1.82) is 0 Å². The molecule has 0 radical (unpaired) electrons. The third kappa shape index (κ3) is 5.08. The molecule has 3 heteroatoms. The van der Waals surface area contributed by atoms with Gasteiger partial charge in [0.05, 0.1) is 6.54 Å². The van der Waals surface area contributed by atoms with Gasteiger partial charge in [-0.05, 0) is 38.5 Å². The van der Waals surface area contributed by atoms with Gasteiger partial charge in [-0.15, -0.1) is 0 Å². The number of hydrogen-bond acceptors (Lipinski definition) is 2. The van der Waals surface area contributed by atoms with Crippen LogP contribution >= 0.6 is 0 Å². The van der Waals surface area contributed by atoms with Gasteiger partial charge in [0.15, 0.2) is 0 Å². The number of amides is 1. The predicted octanol–water partition coefficient (Wildman–Crippen LogP) is 3.34. The molecule has 0 aromatic carbocycles. The first-order valence-corrected chi connectivity index (χ1v) is 8.78. The van der Waals surface area contributed by atoms with Gasteiger partial charge in [0.1, 0.15) is 0 Å². The summed E-state index contributed by atoms with van der Waals surface area (Å²) in [6, 6.07) is 0.490. The standard InChI is InChI=1S/C17H32N2O/c1-15(16-10-6-2-3-7-11-16)18-14-17(20)19-12-8-4-5-9-13-19/h15-16,18H,2-14H2,1H3/t15-/m1/s1. The summed E-state index contributed by atoms with van der Waals surface area (Å²) in [5, 5.41) is 3.51. The van der Waals surface area contributed by atoms with Gasteiger partial charge >= 0.3 is 0 Å². The average Bonchev–Trinajstić information content (AvgIpc) is 2.88. The molecule has 0 aromatic heterocycles. The summed E-state index contributed by atoms with van der Waals surface area (Å²) in [6.45, 7) is 4.75. The second kappa shape index (κ2) is 8.66. The normalized spacial score (nSPS) is 23.9. The first-order chi connectivity index (χ1) is 9.77. The highest BCUT2D eigenvalue weighted by Gasteiger charge is 2.21. The topological polar surface area (TPSA) is 32.3 Å². The van der Waals surface area contributed by atoms with Crippen LogP contribution < -0.4 is 5.32 Å². The van der Waals surface area contributed by atoms with E-state index in [2.05, 4.69) is 17.1 Å². The number of carbonyl (C=O) groups excluding carboxylic acids is 1. The van der Waals surface area contributed by atoms with Crippen molar-refractivity contribution >= 4 is 5.91 Å². The van der Waals surface area contributed by atoms with Gasteiger partial charge in [0, 0.05) is 19.1 Å². The lowest BCUT2D eigenvalue weighted by Gasteiger charge is -2.26. The third-order valence-electron chi connectivity index (χ3n) is 5.14. The van der Waals surface area contributed by atoms with Crippen LogP contribution in [-0.2, 0) is 4.79 Å². The number of carbonyl (C=O) groups is 1. The van der Waals surface area contributed by atoms with E-state index in [1.807, 2.05) is 0 Å². The van der Waals surface area contributed by atoms with Gasteiger partial charge in [0.2, 0.25) is 5.91 Å². The SMILES string of the molecule is C[C@@H](NCC(=O)N1CCCCCC1)C1CCCCCC1. The van der Waals surface area contributed by atoms with Crippen LogP contribution in [0.5, 0.6) is 0 Å². The van der Waals surface area contributed by atoms with Gasteiger partial charge in [-0.3, -0.25) is 4.79 Å². The monoisotopic (exact) mass is 280 g/mol. The molecule has 1 aliphatic carbocycles. The van der Waals surface area contributed by atoms with Crippen molar-refractivity contribution in [2.24, 2.45) is 5.92 Å². The van der Waals surface area contributed by atoms with E-state index < -0.39 is 0 Å². The molecule has 1 aliphatic heterocycles. The van der Waals surface area contributed by atoms with E-state index in [1.165, 1.54) is 64.2 Å². The first-order valence-electron chi connectivity index (χ1n) is 8.78. The molecule has 1 saturated heterocycles. The van der Waals surface area contributed by atoms with Crippen molar-refractivity contribution in [2.75, 3.05) is 19.6 Å². The molecule has 20 heavy (non-hydrogen) atoms. The smallest absolute Gasteiger partial charge is 0.236 e. The van der Waals surface area contributed by atoms with E-state index >= 15 is 0 Å². The molecule has 1 atom stereocenters. The minimum atomic E-state index is 0.312. The fourth-order valence-corrected chi connectivity index (χ4v) is 3.66. The summed E-state index contributed by atoms with van der Waals surface area (Å²) in [6.07, 6.45) is 13.2. The van der Waals surface area contributed by atoms with Crippen molar-refractivity contribution < 1.29 is 4.79 Å². The average molecular weight is 280 g/mol. The second-order valence-corrected chi connectivity index (χ2v) is 6.72. The molecule has 2 rings (SSSR count). The molecule has 2 aliphatic rings. The van der Waals surface area contributed by atoms with E-state index in [0.29, 0.717) is 18.5 Å². The quantitative estimate of drug-likeness (QED) is 0.801. The lowest BCUT2D eigenvalue weighted by Crippen LogP contribution is -2.43. The van der Waals surface area contributed by atoms with E-state index in [-0.39, 0.29) is 0 Å². The molecule has 1 amide bonds. The van der Waals surface area contributed by atoms with Gasteiger partial charge in [-0.1, -0.05) is 38.5 Å². The Morgan fingerprint density at radius 1 is 1.00 bits per heavy atom. The number of rotatable bonds is 4. The Kier molecular flexibility index (Phi) is 6.85. The Morgan fingerprint density at radius 2 is 1.55 bits per heavy atom. The zero-order valence-electron chi connectivity index (χ0n) is 13.2. The van der Waals surface area contributed by atoms with Crippen molar-refractivity contribution in [3.63, 3.8) is 0 Å². The van der Waals surface area contributed by atoms with Crippen LogP contribution in [0.3, 0.4) is 0 Å². The highest BCUT2D eigenvalue weighted by atomic mass is 16.2. The fourth-order valence-electron chi connectivity index (χ4n) is 3.66. The molecule has 0 spiro atoms. The first kappa shape index (κ1) is 15.8. The van der Waals surface area contributed by atoms with E-state index in [1.54, 1.807) is 0 Å². The zero-order chi connectivity index (χ0) is 14.2. The molecule has 0 aromatic rings. The number of nitrogens with one attached hydrogen (secondary N) is 1. The molecule has 3 nitrogen and oxygen atoms in total. The number of likely N-dealkylation sites (tertiary alicyclic amines) is 1. The van der Waals surface area contributed by atoms with Crippen molar-refractivity contribution in [1.82, 2.24) is 10.2 Å². The van der Waals surface area contributed by atoms with E-state index in [9.17, 15) is 4.79 Å². The molecule has 0 bridgehead atoms. The Hall–Kier alpha value is -0.570. The number of nitrogens with zero attached hydrogens (tertiary/aromatic N) is 1. The predicted molar refractivity (Wildman–Crippen MR) is 83.7 cm³/mol. The highest BCUT2D eigenvalue weighted by molar-refractivity contribution is 5.78. The van der Waals surface area contributed by atoms with Gasteiger partial charge in [-0.25, -0.2) is 0 Å². The molecule has 0 unspecified atom stereocenters. The second-order valence-electron chi connectivity index (χ2n) is 6.72. The molecule has 1 N–H and O–H groups in total. The van der Waals surface area contributed by atoms with Crippen LogP contribution in [0.25, 0.3) is 0 Å². The summed E-state index contributed by atoms with van der Waals surface area (Å²) in [5.41, 5.74) is 0. The summed E-state index contributed by atoms with van der Waals surface area (Å²) in [4.78, 5) is 14.3. The molecule has 1 saturated carbocycles. The zero-order valence-corrected chi connectivity index (χ0v) is 13.2. The molecule has 2 fully saturated rings. The van der Waals surface area contributed by atoms with E-state index in [0.717, 1.165) is 19.0 Å². The summed E-state index contributed by atoms with van der Waals surface area (Å²) < 4.78 is 0. The maximum atomic E-state index is 12.3. The van der Waals surface area contributed by atoms with Gasteiger partial charge in [0.25, 0.3) is 0 Å². The van der Waals surface area contributed by atoms with Crippen LogP contribution in [0.4, 0.5) is 0 Å². The summed E-state index contributed by atoms with van der Waals surface area (Å²) in [7, 11) is 0. The molecule has 1 heterocycles. The maximum absolute atomic E-state index is 12.3. The van der Waals surface area contributed by atoms with Gasteiger partial charge in [-0.2, -0.15) is 0 Å². The van der Waals surface area contributed by atoms with Crippen molar-refractivity contribution in [3.05, 3.63) is 0 Å². The summed E-state index contributed by atoms with van der Waals surface area (Å²) >= 11 is 0. The van der Waals surface area contributed by atoms with Crippen molar-refractivity contribution in [2.45, 2.75) is 77.2 Å². The van der Waals surface area contributed by atoms with Crippen molar-refractivity contribution in [3.8, 4) is 0 Å². The lowest BCUT2D eigenvalue weighted by atomic mass is 9.93. The van der Waals surface area contributed by atoms with Crippen LogP contribution in [0, 0.1) is 5.92 Å². The molecule has 116 valence electrons. The Morgan fingerprint density at radius 3 is 2.15 bits per heavy atom. The minimum absolute atomic E-state index is 0.312. The number of hydrogen-bond donors (Lipinski definition) is 1. The summed E-state index contributed by atoms with van der Waals surface area (Å²) in [5.74, 6) is 1.09. The van der Waals surface area contributed by atoms with Gasteiger partial charge < -0.3 is 10.2 Å². The highest BCUT2D eigenvalue weighted by Crippen LogP contribution is 2.25. The minimum Gasteiger partial charge on any atom is -0.342 e. The van der Waals surface area contributed by atoms with Crippen LogP contribution in [0.1, 0.15) is 71.1 Å².